The largest absolute Gasteiger partial charge is 0.381 e. The molecule has 1 aliphatic carbocycles. The highest BCUT2D eigenvalue weighted by atomic mass is 127. The zero-order valence-electron chi connectivity index (χ0n) is 14.6. The summed E-state index contributed by atoms with van der Waals surface area (Å²) >= 11 is 8.63. The Balaban J connectivity index is 1.72. The lowest BCUT2D eigenvalue weighted by Crippen LogP contribution is -2.51. The van der Waals surface area contributed by atoms with Crippen molar-refractivity contribution in [1.29, 1.82) is 0 Å². The topological polar surface area (TPSA) is 61.9 Å². The molecule has 0 aromatic rings. The Kier molecular flexibility index (Phi) is 8.44. The number of methoxy groups -OCH3 is 1. The third-order valence-corrected chi connectivity index (χ3v) is 7.29. The Bertz CT molecular complexity index is 486. The fraction of sp³-hybridized carbons (Fsp3) is 0.765. The Morgan fingerprint density at radius 3 is 2.60 bits per heavy atom. The summed E-state index contributed by atoms with van der Waals surface area (Å²) in [6, 6.07) is 0. The molecule has 4 unspecified atom stereocenters. The number of carbonyl (C=O) groups is 2. The molecule has 2 aliphatic rings. The van der Waals surface area contributed by atoms with Crippen LogP contribution in [0.25, 0.3) is 0 Å². The van der Waals surface area contributed by atoms with E-state index in [0.717, 1.165) is 26.1 Å². The average Bonchev–Trinajstić information content (AvgIpc) is 2.63. The van der Waals surface area contributed by atoms with Crippen LogP contribution in [0.5, 0.6) is 0 Å². The molecule has 1 saturated carbocycles. The van der Waals surface area contributed by atoms with Gasteiger partial charge in [-0.3, -0.25) is 14.5 Å². The zero-order chi connectivity index (χ0) is 18.4. The van der Waals surface area contributed by atoms with Gasteiger partial charge in [0.1, 0.15) is 0 Å². The van der Waals surface area contributed by atoms with Crippen LogP contribution in [0.3, 0.4) is 0 Å². The summed E-state index contributed by atoms with van der Waals surface area (Å²) in [5.41, 5.74) is 0. The molecule has 2 rings (SSSR count). The van der Waals surface area contributed by atoms with Crippen LogP contribution in [-0.2, 0) is 14.3 Å². The number of piperazine rings is 1. The number of rotatable bonds is 6. The number of hydrogen-bond acceptors (Lipinski definition) is 4. The quantitative estimate of drug-likeness (QED) is 0.351. The third kappa shape index (κ3) is 5.80. The fourth-order valence-electron chi connectivity index (χ4n) is 3.40. The van der Waals surface area contributed by atoms with Gasteiger partial charge in [-0.1, -0.05) is 29.2 Å². The van der Waals surface area contributed by atoms with Crippen molar-refractivity contribution in [1.82, 2.24) is 15.1 Å². The van der Waals surface area contributed by atoms with Gasteiger partial charge in [-0.25, -0.2) is 0 Å². The van der Waals surface area contributed by atoms with Crippen molar-refractivity contribution in [2.45, 2.75) is 28.2 Å². The van der Waals surface area contributed by atoms with Gasteiger partial charge in [0.05, 0.1) is 12.0 Å². The molecule has 0 radical (unpaired) electrons. The number of nitrogens with zero attached hydrogens (tertiary/aromatic N) is 2. The molecule has 0 bridgehead atoms. The summed E-state index contributed by atoms with van der Waals surface area (Å²) in [4.78, 5) is 28.2. The van der Waals surface area contributed by atoms with E-state index in [-0.39, 0.29) is 33.1 Å². The van der Waals surface area contributed by atoms with E-state index >= 15 is 0 Å². The minimum absolute atomic E-state index is 0.0122. The molecular weight excluding hydrogens is 457 g/mol. The summed E-state index contributed by atoms with van der Waals surface area (Å²) in [5.74, 6) is -0.0941. The Morgan fingerprint density at radius 2 is 2.00 bits per heavy atom. The van der Waals surface area contributed by atoms with Gasteiger partial charge in [-0.05, 0) is 18.9 Å². The van der Waals surface area contributed by atoms with E-state index in [1.54, 1.807) is 12.0 Å². The van der Waals surface area contributed by atoms with E-state index in [0.29, 0.717) is 26.1 Å². The van der Waals surface area contributed by atoms with E-state index in [2.05, 4.69) is 39.4 Å². The first kappa shape index (κ1) is 20.9. The van der Waals surface area contributed by atoms with Crippen molar-refractivity contribution in [3.05, 3.63) is 12.7 Å². The molecule has 1 N–H and O–H groups in total. The van der Waals surface area contributed by atoms with Crippen LogP contribution in [0, 0.1) is 5.92 Å². The Hall–Kier alpha value is -0.380. The SMILES string of the molecule is C=CC(=O)N1CCN(CCNC(=O)C2CC(I)C(Cl)CC2OC)CC1. The molecule has 0 aromatic carbocycles. The van der Waals surface area contributed by atoms with E-state index in [1.165, 1.54) is 6.08 Å². The van der Waals surface area contributed by atoms with Crippen molar-refractivity contribution < 1.29 is 14.3 Å². The molecule has 142 valence electrons. The van der Waals surface area contributed by atoms with Crippen molar-refractivity contribution in [3.63, 3.8) is 0 Å². The number of hydrogen-bond donors (Lipinski definition) is 1. The summed E-state index contributed by atoms with van der Waals surface area (Å²) in [6.07, 6.45) is 2.71. The van der Waals surface area contributed by atoms with Gasteiger partial charge in [0.25, 0.3) is 0 Å². The molecule has 2 amide bonds. The predicted octanol–water partition coefficient (Wildman–Crippen LogP) is 1.27. The molecule has 4 atom stereocenters. The van der Waals surface area contributed by atoms with Gasteiger partial charge in [0.15, 0.2) is 0 Å². The van der Waals surface area contributed by atoms with Gasteiger partial charge < -0.3 is 15.0 Å². The predicted molar refractivity (Wildman–Crippen MR) is 107 cm³/mol. The van der Waals surface area contributed by atoms with E-state index in [9.17, 15) is 9.59 Å². The zero-order valence-corrected chi connectivity index (χ0v) is 17.5. The van der Waals surface area contributed by atoms with Gasteiger partial charge in [0, 0.05) is 55.7 Å². The van der Waals surface area contributed by atoms with E-state index < -0.39 is 0 Å². The molecule has 25 heavy (non-hydrogen) atoms. The lowest BCUT2D eigenvalue weighted by atomic mass is 9.85. The number of nitrogens with one attached hydrogen (secondary N) is 1. The first-order chi connectivity index (χ1) is 12.0. The summed E-state index contributed by atoms with van der Waals surface area (Å²) in [5, 5.41) is 3.10. The molecule has 0 spiro atoms. The van der Waals surface area contributed by atoms with Crippen LogP contribution in [0.4, 0.5) is 0 Å². The van der Waals surface area contributed by atoms with Gasteiger partial charge in [0.2, 0.25) is 11.8 Å². The molecule has 1 aliphatic heterocycles. The van der Waals surface area contributed by atoms with Crippen molar-refractivity contribution in [2.24, 2.45) is 5.92 Å². The third-order valence-electron chi connectivity index (χ3n) is 5.00. The maximum Gasteiger partial charge on any atom is 0.246 e. The standard InChI is InChI=1S/C17H27ClIN3O3/c1-3-16(23)22-8-6-21(7-9-22)5-4-20-17(24)12-10-14(19)13(18)11-15(12)25-2/h3,12-15H,1,4-11H2,2H3,(H,20,24). The smallest absolute Gasteiger partial charge is 0.246 e. The minimum Gasteiger partial charge on any atom is -0.381 e. The molecule has 1 saturated heterocycles. The van der Waals surface area contributed by atoms with Crippen molar-refractivity contribution >= 4 is 46.0 Å². The summed E-state index contributed by atoms with van der Waals surface area (Å²) < 4.78 is 5.77. The Labute approximate surface area is 168 Å². The van der Waals surface area contributed by atoms with Gasteiger partial charge in [-0.15, -0.1) is 11.6 Å². The number of carbonyl (C=O) groups excluding carboxylic acids is 2. The van der Waals surface area contributed by atoms with Crippen molar-refractivity contribution in [2.75, 3.05) is 46.4 Å². The van der Waals surface area contributed by atoms with Crippen LogP contribution in [0.15, 0.2) is 12.7 Å². The highest BCUT2D eigenvalue weighted by Gasteiger charge is 2.39. The Morgan fingerprint density at radius 1 is 1.32 bits per heavy atom. The van der Waals surface area contributed by atoms with Gasteiger partial charge >= 0.3 is 0 Å². The summed E-state index contributed by atoms with van der Waals surface area (Å²) in [7, 11) is 1.64. The van der Waals surface area contributed by atoms with Crippen molar-refractivity contribution in [3.8, 4) is 0 Å². The molecule has 1 heterocycles. The second kappa shape index (κ2) is 10.1. The maximum absolute atomic E-state index is 12.5. The fourth-order valence-corrected chi connectivity index (χ4v) is 4.52. The molecule has 8 heteroatoms. The second-order valence-corrected chi connectivity index (χ2v) is 8.71. The van der Waals surface area contributed by atoms with E-state index in [4.69, 9.17) is 16.3 Å². The molecule has 2 fully saturated rings. The van der Waals surface area contributed by atoms with Crippen LogP contribution < -0.4 is 5.32 Å². The van der Waals surface area contributed by atoms with Crippen LogP contribution in [-0.4, -0.2) is 83.4 Å². The highest BCUT2D eigenvalue weighted by molar-refractivity contribution is 14.1. The monoisotopic (exact) mass is 483 g/mol. The van der Waals surface area contributed by atoms with Gasteiger partial charge in [-0.2, -0.15) is 0 Å². The first-order valence-electron chi connectivity index (χ1n) is 8.68. The maximum atomic E-state index is 12.5. The number of ether oxygens (including phenoxy) is 1. The lowest BCUT2D eigenvalue weighted by molar-refractivity contribution is -0.131. The number of amides is 2. The van der Waals surface area contributed by atoms with Crippen LogP contribution in [0.2, 0.25) is 0 Å². The average molecular weight is 484 g/mol. The summed E-state index contributed by atoms with van der Waals surface area (Å²) in [6.45, 7) is 7.98. The molecule has 0 aromatic heterocycles. The van der Waals surface area contributed by atoms with E-state index in [1.807, 2.05) is 0 Å². The second-order valence-electron chi connectivity index (χ2n) is 6.55. The first-order valence-corrected chi connectivity index (χ1v) is 10.4. The molecule has 6 nitrogen and oxygen atoms in total. The highest BCUT2D eigenvalue weighted by Crippen LogP contribution is 2.34. The molecular formula is C17H27ClIN3O3. The minimum atomic E-state index is -0.135. The van der Waals surface area contributed by atoms with Crippen LogP contribution in [0.1, 0.15) is 12.8 Å². The number of halogens is 2. The van der Waals surface area contributed by atoms with Crippen LogP contribution >= 0.6 is 34.2 Å². The lowest BCUT2D eigenvalue weighted by Gasteiger charge is -2.36. The normalized spacial score (nSPS) is 30.8. The number of alkyl halides is 2.